The first-order valence-corrected chi connectivity index (χ1v) is 7.28. The zero-order valence-electron chi connectivity index (χ0n) is 11.5. The lowest BCUT2D eigenvalue weighted by Crippen LogP contribution is -1.95. The number of unbranched alkanes of at least 4 members (excludes halogenated alkanes) is 1. The minimum atomic E-state index is 0.580. The molecule has 0 amide bonds. The molecule has 0 N–H and O–H groups in total. The standard InChI is InChI=1S/C14H16N4OS/c1-18-13(11-5-7-12(19-2)8-6-11)16-17-14(18)20-10-4-3-9-15/h5-8H,3-4,10H2,1-2H3. The number of methoxy groups -OCH3 is 1. The fraction of sp³-hybridized carbons (Fsp3) is 0.357. The van der Waals surface area contributed by atoms with E-state index in [1.165, 1.54) is 0 Å². The maximum absolute atomic E-state index is 8.51. The van der Waals surface area contributed by atoms with Crippen molar-refractivity contribution in [2.24, 2.45) is 7.05 Å². The number of hydrogen-bond donors (Lipinski definition) is 0. The SMILES string of the molecule is COc1ccc(-c2nnc(SCCCC#N)n2C)cc1. The van der Waals surface area contributed by atoms with Gasteiger partial charge in [-0.3, -0.25) is 0 Å². The van der Waals surface area contributed by atoms with Crippen molar-refractivity contribution in [1.82, 2.24) is 14.8 Å². The number of nitrogens with zero attached hydrogens (tertiary/aromatic N) is 4. The van der Waals surface area contributed by atoms with Gasteiger partial charge in [-0.25, -0.2) is 0 Å². The van der Waals surface area contributed by atoms with E-state index in [2.05, 4.69) is 16.3 Å². The normalized spacial score (nSPS) is 10.2. The van der Waals surface area contributed by atoms with Gasteiger partial charge in [-0.1, -0.05) is 11.8 Å². The van der Waals surface area contributed by atoms with Gasteiger partial charge in [0.15, 0.2) is 11.0 Å². The fourth-order valence-electron chi connectivity index (χ4n) is 1.75. The van der Waals surface area contributed by atoms with Crippen molar-refractivity contribution in [2.45, 2.75) is 18.0 Å². The molecule has 0 aliphatic carbocycles. The third-order valence-electron chi connectivity index (χ3n) is 2.85. The highest BCUT2D eigenvalue weighted by Crippen LogP contribution is 2.24. The molecule has 1 aromatic heterocycles. The molecule has 0 bridgehead atoms. The van der Waals surface area contributed by atoms with Crippen LogP contribution in [-0.2, 0) is 7.05 Å². The second-order valence-electron chi connectivity index (χ2n) is 4.20. The van der Waals surface area contributed by atoms with Crippen molar-refractivity contribution in [1.29, 1.82) is 5.26 Å². The van der Waals surface area contributed by atoms with Crippen molar-refractivity contribution in [3.63, 3.8) is 0 Å². The number of thioether (sulfide) groups is 1. The smallest absolute Gasteiger partial charge is 0.191 e. The molecule has 0 aliphatic rings. The van der Waals surface area contributed by atoms with Crippen LogP contribution in [0.25, 0.3) is 11.4 Å². The van der Waals surface area contributed by atoms with Crippen LogP contribution in [0.4, 0.5) is 0 Å². The molecular formula is C14H16N4OS. The second-order valence-corrected chi connectivity index (χ2v) is 5.27. The largest absolute Gasteiger partial charge is 0.497 e. The van der Waals surface area contributed by atoms with Crippen LogP contribution in [0.3, 0.4) is 0 Å². The van der Waals surface area contributed by atoms with E-state index < -0.39 is 0 Å². The number of hydrogen-bond acceptors (Lipinski definition) is 5. The van der Waals surface area contributed by atoms with Crippen molar-refractivity contribution in [3.05, 3.63) is 24.3 Å². The van der Waals surface area contributed by atoms with E-state index in [9.17, 15) is 0 Å². The third-order valence-corrected chi connectivity index (χ3v) is 3.95. The predicted molar refractivity (Wildman–Crippen MR) is 78.6 cm³/mol. The molecule has 0 unspecified atom stereocenters. The number of nitriles is 1. The second kappa shape index (κ2) is 6.96. The van der Waals surface area contributed by atoms with Gasteiger partial charge >= 0.3 is 0 Å². The van der Waals surface area contributed by atoms with Crippen molar-refractivity contribution >= 4 is 11.8 Å². The van der Waals surface area contributed by atoms with Gasteiger partial charge in [-0.15, -0.1) is 10.2 Å². The summed E-state index contributed by atoms with van der Waals surface area (Å²) in [5, 5.41) is 17.8. The summed E-state index contributed by atoms with van der Waals surface area (Å²) in [6.07, 6.45) is 1.45. The van der Waals surface area contributed by atoms with Gasteiger partial charge in [0.1, 0.15) is 5.75 Å². The number of benzene rings is 1. The lowest BCUT2D eigenvalue weighted by molar-refractivity contribution is 0.415. The van der Waals surface area contributed by atoms with Gasteiger partial charge in [-0.2, -0.15) is 5.26 Å². The molecule has 1 aromatic carbocycles. The van der Waals surface area contributed by atoms with Crippen LogP contribution in [0.2, 0.25) is 0 Å². The molecule has 5 nitrogen and oxygen atoms in total. The predicted octanol–water partition coefficient (Wildman–Crippen LogP) is 2.89. The van der Waals surface area contributed by atoms with Crippen LogP contribution >= 0.6 is 11.8 Å². The number of aromatic nitrogens is 3. The van der Waals surface area contributed by atoms with E-state index in [1.807, 2.05) is 35.9 Å². The quantitative estimate of drug-likeness (QED) is 0.604. The summed E-state index contributed by atoms with van der Waals surface area (Å²) in [4.78, 5) is 0. The van der Waals surface area contributed by atoms with Crippen molar-refractivity contribution < 1.29 is 4.74 Å². The molecule has 0 fully saturated rings. The average Bonchev–Trinajstić information content (AvgIpc) is 2.85. The first-order chi connectivity index (χ1) is 9.76. The Kier molecular flexibility index (Phi) is 5.02. The van der Waals surface area contributed by atoms with Crippen LogP contribution in [0.15, 0.2) is 29.4 Å². The van der Waals surface area contributed by atoms with Crippen LogP contribution in [0.1, 0.15) is 12.8 Å². The first kappa shape index (κ1) is 14.4. The summed E-state index contributed by atoms with van der Waals surface area (Å²) in [6, 6.07) is 9.89. The van der Waals surface area contributed by atoms with Gasteiger partial charge in [0.05, 0.1) is 13.2 Å². The maximum atomic E-state index is 8.51. The zero-order chi connectivity index (χ0) is 14.4. The lowest BCUT2D eigenvalue weighted by Gasteiger charge is -2.04. The topological polar surface area (TPSA) is 63.7 Å². The molecule has 0 saturated heterocycles. The minimum absolute atomic E-state index is 0.580. The molecule has 2 aromatic rings. The van der Waals surface area contributed by atoms with Gasteiger partial charge < -0.3 is 9.30 Å². The van der Waals surface area contributed by atoms with Gasteiger partial charge in [0.25, 0.3) is 0 Å². The van der Waals surface area contributed by atoms with E-state index in [4.69, 9.17) is 10.00 Å². The molecule has 0 saturated carbocycles. The number of rotatable bonds is 6. The van der Waals surface area contributed by atoms with Crippen LogP contribution in [-0.4, -0.2) is 27.6 Å². The Morgan fingerprint density at radius 2 is 2.05 bits per heavy atom. The maximum Gasteiger partial charge on any atom is 0.191 e. The highest BCUT2D eigenvalue weighted by Gasteiger charge is 2.10. The van der Waals surface area contributed by atoms with Crippen molar-refractivity contribution in [3.8, 4) is 23.2 Å². The monoisotopic (exact) mass is 288 g/mol. The minimum Gasteiger partial charge on any atom is -0.497 e. The summed E-state index contributed by atoms with van der Waals surface area (Å²) in [5.74, 6) is 2.53. The Balaban J connectivity index is 2.09. The molecule has 104 valence electrons. The Labute approximate surface area is 122 Å². The Morgan fingerprint density at radius 1 is 1.30 bits per heavy atom. The van der Waals surface area contributed by atoms with Gasteiger partial charge in [0.2, 0.25) is 0 Å². The summed E-state index contributed by atoms with van der Waals surface area (Å²) in [5.41, 5.74) is 1.00. The van der Waals surface area contributed by atoms with Gasteiger partial charge in [0, 0.05) is 24.8 Å². The van der Waals surface area contributed by atoms with Crippen LogP contribution in [0.5, 0.6) is 5.75 Å². The molecule has 0 radical (unpaired) electrons. The Hall–Kier alpha value is -2.00. The van der Waals surface area contributed by atoms with E-state index >= 15 is 0 Å². The molecule has 1 heterocycles. The lowest BCUT2D eigenvalue weighted by atomic mass is 10.2. The molecule has 2 rings (SSSR count). The third kappa shape index (κ3) is 3.31. The molecule has 0 atom stereocenters. The number of ether oxygens (including phenoxy) is 1. The van der Waals surface area contributed by atoms with Gasteiger partial charge in [-0.05, 0) is 30.7 Å². The zero-order valence-corrected chi connectivity index (χ0v) is 12.4. The Morgan fingerprint density at radius 3 is 2.70 bits per heavy atom. The summed E-state index contributed by atoms with van der Waals surface area (Å²) in [6.45, 7) is 0. The molecule has 20 heavy (non-hydrogen) atoms. The summed E-state index contributed by atoms with van der Waals surface area (Å²) in [7, 11) is 3.60. The van der Waals surface area contributed by atoms with Crippen LogP contribution in [0, 0.1) is 11.3 Å². The molecular weight excluding hydrogens is 272 g/mol. The van der Waals surface area contributed by atoms with E-state index in [-0.39, 0.29) is 0 Å². The van der Waals surface area contributed by atoms with E-state index in [1.54, 1.807) is 18.9 Å². The summed E-state index contributed by atoms with van der Waals surface area (Å²) < 4.78 is 7.11. The van der Waals surface area contributed by atoms with E-state index in [0.29, 0.717) is 6.42 Å². The molecule has 0 aliphatic heterocycles. The molecule has 6 heteroatoms. The Bertz CT molecular complexity index is 601. The molecule has 0 spiro atoms. The van der Waals surface area contributed by atoms with Crippen LogP contribution < -0.4 is 4.74 Å². The first-order valence-electron chi connectivity index (χ1n) is 6.30. The summed E-state index contributed by atoms with van der Waals surface area (Å²) >= 11 is 1.62. The fourth-order valence-corrected chi connectivity index (χ4v) is 2.60. The van der Waals surface area contributed by atoms with Crippen molar-refractivity contribution in [2.75, 3.05) is 12.9 Å². The highest BCUT2D eigenvalue weighted by atomic mass is 32.2. The van der Waals surface area contributed by atoms with E-state index in [0.717, 1.165) is 34.5 Å². The average molecular weight is 288 g/mol. The highest BCUT2D eigenvalue weighted by molar-refractivity contribution is 7.99.